The zero-order valence-corrected chi connectivity index (χ0v) is 9.92. The summed E-state index contributed by atoms with van der Waals surface area (Å²) >= 11 is 5.75. The van der Waals surface area contributed by atoms with Crippen LogP contribution in [-0.2, 0) is 0 Å². The normalized spacial score (nSPS) is 14.7. The van der Waals surface area contributed by atoms with Crippen molar-refractivity contribution in [1.29, 1.82) is 0 Å². The van der Waals surface area contributed by atoms with Crippen LogP contribution in [0.15, 0.2) is 24.3 Å². The van der Waals surface area contributed by atoms with Crippen molar-refractivity contribution in [2.24, 2.45) is 0 Å². The van der Waals surface area contributed by atoms with Gasteiger partial charge in [0.2, 0.25) is 5.79 Å². The molecule has 0 saturated carbocycles. The second-order valence-electron chi connectivity index (χ2n) is 3.83. The summed E-state index contributed by atoms with van der Waals surface area (Å²) in [5.41, 5.74) is 0. The van der Waals surface area contributed by atoms with Gasteiger partial charge in [-0.05, 0) is 30.7 Å². The molecule has 1 aromatic carbocycles. The van der Waals surface area contributed by atoms with Crippen molar-refractivity contribution in [3.8, 4) is 5.75 Å². The number of rotatable bonds is 5. The number of halogens is 1. The van der Waals surface area contributed by atoms with Gasteiger partial charge in [0, 0.05) is 18.4 Å². The number of hydrogen-bond acceptors (Lipinski definition) is 2. The maximum Gasteiger partial charge on any atom is 0.205 e. The van der Waals surface area contributed by atoms with Crippen LogP contribution in [0.1, 0.15) is 33.1 Å². The number of ether oxygens (including phenoxy) is 1. The SMILES string of the molecule is CCCCC(C)(O)Oc1ccc(Cl)cc1. The van der Waals surface area contributed by atoms with Crippen molar-refractivity contribution >= 4 is 11.6 Å². The molecular formula is C12H17ClO2. The largest absolute Gasteiger partial charge is 0.463 e. The van der Waals surface area contributed by atoms with E-state index in [0.29, 0.717) is 17.2 Å². The highest BCUT2D eigenvalue weighted by atomic mass is 35.5. The van der Waals surface area contributed by atoms with E-state index in [1.54, 1.807) is 31.2 Å². The first-order valence-corrected chi connectivity index (χ1v) is 5.58. The van der Waals surface area contributed by atoms with Gasteiger partial charge < -0.3 is 9.84 Å². The van der Waals surface area contributed by atoms with Gasteiger partial charge in [-0.1, -0.05) is 24.9 Å². The number of benzene rings is 1. The van der Waals surface area contributed by atoms with Crippen molar-refractivity contribution in [3.05, 3.63) is 29.3 Å². The van der Waals surface area contributed by atoms with E-state index >= 15 is 0 Å². The topological polar surface area (TPSA) is 29.5 Å². The second kappa shape index (κ2) is 5.38. The highest BCUT2D eigenvalue weighted by Crippen LogP contribution is 2.22. The van der Waals surface area contributed by atoms with Crippen LogP contribution >= 0.6 is 11.6 Å². The lowest BCUT2D eigenvalue weighted by Gasteiger charge is -2.24. The lowest BCUT2D eigenvalue weighted by Crippen LogP contribution is -2.31. The Morgan fingerprint density at radius 3 is 2.47 bits per heavy atom. The van der Waals surface area contributed by atoms with Crippen molar-refractivity contribution in [2.75, 3.05) is 0 Å². The first-order chi connectivity index (χ1) is 7.03. The Morgan fingerprint density at radius 2 is 1.93 bits per heavy atom. The van der Waals surface area contributed by atoms with Crippen LogP contribution in [0.5, 0.6) is 5.75 Å². The van der Waals surface area contributed by atoms with Gasteiger partial charge >= 0.3 is 0 Å². The lowest BCUT2D eigenvalue weighted by molar-refractivity contribution is -0.127. The molecule has 0 saturated heterocycles. The van der Waals surface area contributed by atoms with Crippen LogP contribution in [0.2, 0.25) is 5.02 Å². The third-order valence-corrected chi connectivity index (χ3v) is 2.40. The minimum atomic E-state index is -1.09. The molecule has 0 amide bonds. The summed E-state index contributed by atoms with van der Waals surface area (Å²) in [5, 5.41) is 10.6. The highest BCUT2D eigenvalue weighted by Gasteiger charge is 2.21. The molecule has 1 rings (SSSR count). The molecule has 1 N–H and O–H groups in total. The predicted octanol–water partition coefficient (Wildman–Crippen LogP) is 3.62. The van der Waals surface area contributed by atoms with Crippen molar-refractivity contribution in [2.45, 2.75) is 38.9 Å². The summed E-state index contributed by atoms with van der Waals surface area (Å²) in [6.45, 7) is 3.76. The molecule has 0 radical (unpaired) electrons. The van der Waals surface area contributed by atoms with E-state index in [1.165, 1.54) is 0 Å². The maximum absolute atomic E-state index is 9.91. The zero-order chi connectivity index (χ0) is 11.3. The number of aliphatic hydroxyl groups is 1. The van der Waals surface area contributed by atoms with E-state index in [9.17, 15) is 5.11 Å². The molecule has 0 aliphatic heterocycles. The summed E-state index contributed by atoms with van der Waals surface area (Å²) in [4.78, 5) is 0. The van der Waals surface area contributed by atoms with Gasteiger partial charge in [-0.2, -0.15) is 0 Å². The smallest absolute Gasteiger partial charge is 0.205 e. The first-order valence-electron chi connectivity index (χ1n) is 5.20. The maximum atomic E-state index is 9.91. The predicted molar refractivity (Wildman–Crippen MR) is 62.2 cm³/mol. The molecule has 2 nitrogen and oxygen atoms in total. The standard InChI is InChI=1S/C12H17ClO2/c1-3-4-9-12(2,14)15-11-7-5-10(13)6-8-11/h5-8,14H,3-4,9H2,1-2H3. The summed E-state index contributed by atoms with van der Waals surface area (Å²) in [6.07, 6.45) is 2.62. The van der Waals surface area contributed by atoms with Gasteiger partial charge in [0.1, 0.15) is 5.75 Å². The van der Waals surface area contributed by atoms with E-state index < -0.39 is 5.79 Å². The summed E-state index contributed by atoms with van der Waals surface area (Å²) < 4.78 is 5.46. The molecule has 0 aliphatic rings. The third-order valence-electron chi connectivity index (χ3n) is 2.15. The fourth-order valence-corrected chi connectivity index (χ4v) is 1.44. The molecule has 3 heteroatoms. The molecule has 0 bridgehead atoms. The lowest BCUT2D eigenvalue weighted by atomic mass is 10.1. The van der Waals surface area contributed by atoms with Crippen LogP contribution in [0.4, 0.5) is 0 Å². The number of hydrogen-bond donors (Lipinski definition) is 1. The van der Waals surface area contributed by atoms with E-state index in [0.717, 1.165) is 12.8 Å². The molecule has 1 atom stereocenters. The van der Waals surface area contributed by atoms with E-state index in [-0.39, 0.29) is 0 Å². The molecule has 0 aromatic heterocycles. The minimum absolute atomic E-state index is 0.631. The second-order valence-corrected chi connectivity index (χ2v) is 4.27. The van der Waals surface area contributed by atoms with Gasteiger partial charge in [0.05, 0.1) is 0 Å². The Kier molecular flexibility index (Phi) is 4.43. The van der Waals surface area contributed by atoms with Crippen LogP contribution < -0.4 is 4.74 Å². The van der Waals surface area contributed by atoms with E-state index in [4.69, 9.17) is 16.3 Å². The van der Waals surface area contributed by atoms with Crippen LogP contribution in [0.3, 0.4) is 0 Å². The molecule has 84 valence electrons. The van der Waals surface area contributed by atoms with Crippen LogP contribution in [0.25, 0.3) is 0 Å². The third kappa shape index (κ3) is 4.54. The monoisotopic (exact) mass is 228 g/mol. The van der Waals surface area contributed by atoms with Gasteiger partial charge in [-0.15, -0.1) is 0 Å². The Hall–Kier alpha value is -0.730. The van der Waals surface area contributed by atoms with Crippen LogP contribution in [-0.4, -0.2) is 10.9 Å². The quantitative estimate of drug-likeness (QED) is 0.780. The van der Waals surface area contributed by atoms with Crippen LogP contribution in [0, 0.1) is 0 Å². The average molecular weight is 229 g/mol. The minimum Gasteiger partial charge on any atom is -0.463 e. The fourth-order valence-electron chi connectivity index (χ4n) is 1.31. The average Bonchev–Trinajstić information content (AvgIpc) is 2.18. The zero-order valence-electron chi connectivity index (χ0n) is 9.16. The molecule has 1 unspecified atom stereocenters. The summed E-state index contributed by atoms with van der Waals surface area (Å²) in [6, 6.07) is 6.99. The Morgan fingerprint density at radius 1 is 1.33 bits per heavy atom. The summed E-state index contributed by atoms with van der Waals surface area (Å²) in [5.74, 6) is -0.454. The molecule has 1 aromatic rings. The Labute approximate surface area is 95.8 Å². The molecule has 0 aliphatic carbocycles. The molecule has 0 spiro atoms. The van der Waals surface area contributed by atoms with E-state index in [2.05, 4.69) is 6.92 Å². The Bertz CT molecular complexity index is 293. The molecule has 15 heavy (non-hydrogen) atoms. The van der Waals surface area contributed by atoms with Gasteiger partial charge in [-0.3, -0.25) is 0 Å². The van der Waals surface area contributed by atoms with Crippen molar-refractivity contribution in [1.82, 2.24) is 0 Å². The van der Waals surface area contributed by atoms with Gasteiger partial charge in [0.25, 0.3) is 0 Å². The van der Waals surface area contributed by atoms with Crippen molar-refractivity contribution in [3.63, 3.8) is 0 Å². The molecule has 0 fully saturated rings. The fraction of sp³-hybridized carbons (Fsp3) is 0.500. The number of unbranched alkanes of at least 4 members (excludes halogenated alkanes) is 1. The van der Waals surface area contributed by atoms with E-state index in [1.807, 2.05) is 0 Å². The van der Waals surface area contributed by atoms with Gasteiger partial charge in [0.15, 0.2) is 0 Å². The Balaban J connectivity index is 2.56. The highest BCUT2D eigenvalue weighted by molar-refractivity contribution is 6.30. The molecular weight excluding hydrogens is 212 g/mol. The van der Waals surface area contributed by atoms with Gasteiger partial charge in [-0.25, -0.2) is 0 Å². The molecule has 0 heterocycles. The summed E-state index contributed by atoms with van der Waals surface area (Å²) in [7, 11) is 0. The first kappa shape index (κ1) is 12.3. The van der Waals surface area contributed by atoms with Crippen molar-refractivity contribution < 1.29 is 9.84 Å².